The monoisotopic (exact) mass is 779 g/mol. The second-order valence-electron chi connectivity index (χ2n) is 15.6. The van der Waals surface area contributed by atoms with Gasteiger partial charge in [-0.2, -0.15) is 0 Å². The Labute approximate surface area is 353 Å². The van der Waals surface area contributed by atoms with Gasteiger partial charge in [0, 0.05) is 27.1 Å². The van der Waals surface area contributed by atoms with E-state index in [1.807, 2.05) is 0 Å². The van der Waals surface area contributed by atoms with E-state index in [4.69, 9.17) is 8.83 Å². The standard InChI is InChI=1S/C58H37NO2/c1-5-16-38(17-6-1)42-28-30-48-49-26-15-27-53(57(49)60-54(48)36-42)59(51-34-32-44(40-20-9-3-10-21-40)46-24-13-14-25-47(46)51)52-35-33-45(41-22-11-4-12-23-41)58-56(52)50-31-29-43(37-55(50)61-58)39-18-7-2-8-19-39/h1-37H. The molecule has 0 aliphatic rings. The van der Waals surface area contributed by atoms with Gasteiger partial charge in [0.15, 0.2) is 5.58 Å². The maximum absolute atomic E-state index is 7.07. The van der Waals surface area contributed by atoms with Crippen molar-refractivity contribution < 1.29 is 8.83 Å². The zero-order valence-electron chi connectivity index (χ0n) is 33.1. The van der Waals surface area contributed by atoms with Gasteiger partial charge in [0.2, 0.25) is 0 Å². The zero-order chi connectivity index (χ0) is 40.3. The number of fused-ring (bicyclic) bond motifs is 7. The van der Waals surface area contributed by atoms with E-state index in [9.17, 15) is 0 Å². The van der Waals surface area contributed by atoms with Crippen molar-refractivity contribution in [3.63, 3.8) is 0 Å². The molecule has 2 heterocycles. The second kappa shape index (κ2) is 14.3. The van der Waals surface area contributed by atoms with E-state index in [0.717, 1.165) is 99.7 Å². The molecule has 286 valence electrons. The summed E-state index contributed by atoms with van der Waals surface area (Å²) in [7, 11) is 0. The Hall–Kier alpha value is -8.14. The molecule has 0 saturated carbocycles. The lowest BCUT2D eigenvalue weighted by atomic mass is 9.95. The van der Waals surface area contributed by atoms with Crippen LogP contribution in [-0.2, 0) is 0 Å². The van der Waals surface area contributed by atoms with Gasteiger partial charge >= 0.3 is 0 Å². The lowest BCUT2D eigenvalue weighted by Crippen LogP contribution is -2.11. The van der Waals surface area contributed by atoms with Gasteiger partial charge in [0.1, 0.15) is 16.7 Å². The first-order chi connectivity index (χ1) is 30.3. The maximum Gasteiger partial charge on any atom is 0.159 e. The highest BCUT2D eigenvalue weighted by molar-refractivity contribution is 6.20. The van der Waals surface area contributed by atoms with E-state index in [0.29, 0.717) is 0 Å². The molecule has 0 saturated heterocycles. The van der Waals surface area contributed by atoms with Crippen LogP contribution in [0.3, 0.4) is 0 Å². The number of para-hydroxylation sites is 1. The zero-order valence-corrected chi connectivity index (χ0v) is 33.1. The van der Waals surface area contributed by atoms with Gasteiger partial charge in [0.25, 0.3) is 0 Å². The van der Waals surface area contributed by atoms with Crippen LogP contribution in [0.4, 0.5) is 17.1 Å². The molecule has 0 spiro atoms. The quantitative estimate of drug-likeness (QED) is 0.161. The van der Waals surface area contributed by atoms with E-state index in [1.165, 1.54) is 16.5 Å². The smallest absolute Gasteiger partial charge is 0.159 e. The second-order valence-corrected chi connectivity index (χ2v) is 15.6. The van der Waals surface area contributed by atoms with Crippen LogP contribution in [0.5, 0.6) is 0 Å². The number of hydrogen-bond donors (Lipinski definition) is 0. The first-order valence-corrected chi connectivity index (χ1v) is 20.7. The number of anilines is 3. The predicted octanol–water partition coefficient (Wildman–Crippen LogP) is 16.8. The summed E-state index contributed by atoms with van der Waals surface area (Å²) in [5, 5.41) is 6.51. The van der Waals surface area contributed by atoms with Crippen LogP contribution < -0.4 is 4.90 Å². The van der Waals surface area contributed by atoms with Crippen molar-refractivity contribution in [3.05, 3.63) is 224 Å². The van der Waals surface area contributed by atoms with Crippen LogP contribution in [0.15, 0.2) is 233 Å². The van der Waals surface area contributed by atoms with Crippen molar-refractivity contribution in [3.8, 4) is 44.5 Å². The van der Waals surface area contributed by atoms with Crippen LogP contribution in [0, 0.1) is 0 Å². The Kier molecular flexibility index (Phi) is 8.17. The molecule has 12 aromatic rings. The van der Waals surface area contributed by atoms with E-state index in [1.54, 1.807) is 0 Å². The minimum Gasteiger partial charge on any atom is -0.455 e. The number of furan rings is 2. The molecule has 0 atom stereocenters. The summed E-state index contributed by atoms with van der Waals surface area (Å²) in [5.74, 6) is 0. The molecule has 12 rings (SSSR count). The Morgan fingerprint density at radius 3 is 1.41 bits per heavy atom. The van der Waals surface area contributed by atoms with Gasteiger partial charge in [-0.05, 0) is 92.9 Å². The van der Waals surface area contributed by atoms with Gasteiger partial charge in [-0.1, -0.05) is 176 Å². The molecule has 3 heteroatoms. The highest BCUT2D eigenvalue weighted by atomic mass is 16.3. The number of rotatable bonds is 7. The summed E-state index contributed by atoms with van der Waals surface area (Å²) in [4.78, 5) is 2.40. The molecule has 0 radical (unpaired) electrons. The average molecular weight is 780 g/mol. The SMILES string of the molecule is c1ccc(-c2ccc3c(c2)oc2c(N(c4ccc(-c5ccccc5)c5ccccc45)c4ccc(-c5ccccc5)c5oc6cc(-c7ccccc7)ccc6c45)cccc23)cc1. The Morgan fingerprint density at radius 1 is 0.262 bits per heavy atom. The van der Waals surface area contributed by atoms with Crippen molar-refractivity contribution >= 4 is 71.7 Å². The summed E-state index contributed by atoms with van der Waals surface area (Å²) in [6.45, 7) is 0. The summed E-state index contributed by atoms with van der Waals surface area (Å²) in [5.41, 5.74) is 15.3. The van der Waals surface area contributed by atoms with Crippen molar-refractivity contribution in [2.24, 2.45) is 0 Å². The molecule has 10 aromatic carbocycles. The van der Waals surface area contributed by atoms with Crippen LogP contribution >= 0.6 is 0 Å². The normalized spacial score (nSPS) is 11.6. The largest absolute Gasteiger partial charge is 0.455 e. The Bertz CT molecular complexity index is 3570. The molecule has 2 aromatic heterocycles. The van der Waals surface area contributed by atoms with E-state index in [2.05, 4.69) is 229 Å². The van der Waals surface area contributed by atoms with Gasteiger partial charge in [0.05, 0.1) is 22.4 Å². The summed E-state index contributed by atoms with van der Waals surface area (Å²) in [6.07, 6.45) is 0. The lowest BCUT2D eigenvalue weighted by Gasteiger charge is -2.28. The molecule has 0 unspecified atom stereocenters. The van der Waals surface area contributed by atoms with Crippen molar-refractivity contribution in [2.75, 3.05) is 4.90 Å². The minimum absolute atomic E-state index is 0.818. The molecule has 0 amide bonds. The van der Waals surface area contributed by atoms with E-state index >= 15 is 0 Å². The highest BCUT2D eigenvalue weighted by Crippen LogP contribution is 2.51. The molecule has 3 nitrogen and oxygen atoms in total. The predicted molar refractivity (Wildman–Crippen MR) is 255 cm³/mol. The molecular weight excluding hydrogens is 743 g/mol. The molecule has 0 aliphatic heterocycles. The molecule has 0 bridgehead atoms. The first kappa shape index (κ1) is 34.9. The van der Waals surface area contributed by atoms with Crippen LogP contribution in [0.25, 0.3) is 99.2 Å². The lowest BCUT2D eigenvalue weighted by molar-refractivity contribution is 0.668. The summed E-state index contributed by atoms with van der Waals surface area (Å²) in [6, 6.07) is 79.6. The first-order valence-electron chi connectivity index (χ1n) is 20.7. The third-order valence-electron chi connectivity index (χ3n) is 12.1. The van der Waals surface area contributed by atoms with Crippen molar-refractivity contribution in [2.45, 2.75) is 0 Å². The third-order valence-corrected chi connectivity index (χ3v) is 12.1. The van der Waals surface area contributed by atoms with Crippen LogP contribution in [0.2, 0.25) is 0 Å². The van der Waals surface area contributed by atoms with Crippen LogP contribution in [-0.4, -0.2) is 0 Å². The molecule has 0 N–H and O–H groups in total. The topological polar surface area (TPSA) is 29.5 Å². The van der Waals surface area contributed by atoms with Crippen molar-refractivity contribution in [1.82, 2.24) is 0 Å². The van der Waals surface area contributed by atoms with Crippen molar-refractivity contribution in [1.29, 1.82) is 0 Å². The molecular formula is C58H37NO2. The Morgan fingerprint density at radius 2 is 0.754 bits per heavy atom. The van der Waals surface area contributed by atoms with E-state index < -0.39 is 0 Å². The fourth-order valence-electron chi connectivity index (χ4n) is 9.21. The average Bonchev–Trinajstić information content (AvgIpc) is 3.92. The fraction of sp³-hybridized carbons (Fsp3) is 0. The molecule has 61 heavy (non-hydrogen) atoms. The highest BCUT2D eigenvalue weighted by Gasteiger charge is 2.27. The maximum atomic E-state index is 7.07. The minimum atomic E-state index is 0.818. The number of nitrogens with zero attached hydrogens (tertiary/aromatic N) is 1. The van der Waals surface area contributed by atoms with Gasteiger partial charge < -0.3 is 13.7 Å². The third kappa shape index (κ3) is 5.82. The summed E-state index contributed by atoms with van der Waals surface area (Å²) >= 11 is 0. The summed E-state index contributed by atoms with van der Waals surface area (Å²) < 4.78 is 14.1. The van der Waals surface area contributed by atoms with E-state index in [-0.39, 0.29) is 0 Å². The van der Waals surface area contributed by atoms with Gasteiger partial charge in [-0.3, -0.25) is 0 Å². The molecule has 0 fully saturated rings. The molecule has 0 aliphatic carbocycles. The number of benzene rings is 10. The Balaban J connectivity index is 1.17. The number of hydrogen-bond acceptors (Lipinski definition) is 3. The van der Waals surface area contributed by atoms with Gasteiger partial charge in [-0.15, -0.1) is 0 Å². The van der Waals surface area contributed by atoms with Gasteiger partial charge in [-0.25, -0.2) is 0 Å². The van der Waals surface area contributed by atoms with Crippen LogP contribution in [0.1, 0.15) is 0 Å². The fourth-order valence-corrected chi connectivity index (χ4v) is 9.21.